The first kappa shape index (κ1) is 21.4. The molecular weight excluding hydrogens is 374 g/mol. The Kier molecular flexibility index (Phi) is 7.90. The number of benzene rings is 3. The molecule has 156 valence electrons. The van der Waals surface area contributed by atoms with Gasteiger partial charge in [-0.05, 0) is 49.2 Å². The van der Waals surface area contributed by atoms with Gasteiger partial charge in [0.25, 0.3) is 0 Å². The van der Waals surface area contributed by atoms with E-state index in [2.05, 4.69) is 11.8 Å². The molecule has 1 atom stereocenters. The first-order chi connectivity index (χ1) is 14.7. The summed E-state index contributed by atoms with van der Waals surface area (Å²) in [5, 5.41) is 0. The van der Waals surface area contributed by atoms with Crippen LogP contribution in [0.5, 0.6) is 5.75 Å². The minimum atomic E-state index is -0.381. The van der Waals surface area contributed by atoms with Gasteiger partial charge in [-0.2, -0.15) is 0 Å². The molecule has 30 heavy (non-hydrogen) atoms. The molecule has 0 heterocycles. The fraction of sp³-hybridized carbons (Fsp3) is 0.269. The van der Waals surface area contributed by atoms with Crippen LogP contribution >= 0.6 is 0 Å². The molecule has 0 aliphatic heterocycles. The van der Waals surface area contributed by atoms with Gasteiger partial charge in [0.1, 0.15) is 18.4 Å². The van der Waals surface area contributed by atoms with Crippen LogP contribution in [0.4, 0.5) is 5.69 Å². The molecule has 3 aromatic rings. The molecule has 0 spiro atoms. The normalized spacial score (nSPS) is 11.5. The maximum Gasteiger partial charge on any atom is 0.329 e. The van der Waals surface area contributed by atoms with Gasteiger partial charge in [0.05, 0.1) is 6.61 Å². The van der Waals surface area contributed by atoms with Gasteiger partial charge in [-0.25, -0.2) is 4.79 Å². The minimum absolute atomic E-state index is 0.201. The zero-order valence-corrected chi connectivity index (χ0v) is 17.7. The average Bonchev–Trinajstić information content (AvgIpc) is 2.80. The van der Waals surface area contributed by atoms with Crippen LogP contribution in [0.3, 0.4) is 0 Å². The summed E-state index contributed by atoms with van der Waals surface area (Å²) in [5.74, 6) is 0.610. The summed E-state index contributed by atoms with van der Waals surface area (Å²) in [6, 6.07) is 27.7. The van der Waals surface area contributed by atoms with E-state index in [0.29, 0.717) is 26.2 Å². The number of carbonyl (C=O) groups is 1. The standard InChI is InChI=1S/C26H29NO3/c1-3-27(23-13-9-6-10-14-23)25(26(28)29-4-2)19-21-15-17-24(18-16-21)30-20-22-11-7-5-8-12-22/h5-18,25H,3-4,19-20H2,1-2H3. The Labute approximate surface area is 179 Å². The first-order valence-electron chi connectivity index (χ1n) is 10.4. The monoisotopic (exact) mass is 403 g/mol. The predicted octanol–water partition coefficient (Wildman–Crippen LogP) is 5.27. The Hall–Kier alpha value is -3.27. The van der Waals surface area contributed by atoms with E-state index in [-0.39, 0.29) is 12.0 Å². The van der Waals surface area contributed by atoms with E-state index in [9.17, 15) is 4.79 Å². The van der Waals surface area contributed by atoms with E-state index in [1.807, 2.05) is 91.9 Å². The van der Waals surface area contributed by atoms with Crippen molar-refractivity contribution in [2.75, 3.05) is 18.1 Å². The SMILES string of the molecule is CCOC(=O)C(Cc1ccc(OCc2ccccc2)cc1)N(CC)c1ccccc1. The van der Waals surface area contributed by atoms with Crippen LogP contribution in [0.1, 0.15) is 25.0 Å². The van der Waals surface area contributed by atoms with Gasteiger partial charge >= 0.3 is 5.97 Å². The number of ether oxygens (including phenoxy) is 2. The highest BCUT2D eigenvalue weighted by atomic mass is 16.5. The van der Waals surface area contributed by atoms with Crippen molar-refractivity contribution in [3.05, 3.63) is 96.1 Å². The van der Waals surface area contributed by atoms with Crippen molar-refractivity contribution >= 4 is 11.7 Å². The smallest absolute Gasteiger partial charge is 0.329 e. The molecule has 0 fully saturated rings. The highest BCUT2D eigenvalue weighted by Crippen LogP contribution is 2.22. The minimum Gasteiger partial charge on any atom is -0.489 e. The lowest BCUT2D eigenvalue weighted by Gasteiger charge is -2.31. The molecule has 1 unspecified atom stereocenters. The topological polar surface area (TPSA) is 38.8 Å². The van der Waals surface area contributed by atoms with E-state index in [1.54, 1.807) is 0 Å². The van der Waals surface area contributed by atoms with Crippen molar-refractivity contribution in [1.29, 1.82) is 0 Å². The third-order valence-corrected chi connectivity index (χ3v) is 4.96. The van der Waals surface area contributed by atoms with E-state index in [0.717, 1.165) is 22.6 Å². The maximum absolute atomic E-state index is 12.8. The fourth-order valence-electron chi connectivity index (χ4n) is 3.45. The predicted molar refractivity (Wildman–Crippen MR) is 121 cm³/mol. The Morgan fingerprint density at radius 2 is 1.47 bits per heavy atom. The number of hydrogen-bond acceptors (Lipinski definition) is 4. The summed E-state index contributed by atoms with van der Waals surface area (Å²) < 4.78 is 11.3. The lowest BCUT2D eigenvalue weighted by atomic mass is 10.0. The largest absolute Gasteiger partial charge is 0.489 e. The lowest BCUT2D eigenvalue weighted by Crippen LogP contribution is -2.44. The van der Waals surface area contributed by atoms with Gasteiger partial charge in [-0.1, -0.05) is 60.7 Å². The summed E-state index contributed by atoms with van der Waals surface area (Å²) in [5.41, 5.74) is 3.21. The van der Waals surface area contributed by atoms with Gasteiger partial charge in [-0.3, -0.25) is 0 Å². The molecule has 3 rings (SSSR count). The van der Waals surface area contributed by atoms with E-state index in [4.69, 9.17) is 9.47 Å². The molecule has 0 radical (unpaired) electrons. The molecule has 0 bridgehead atoms. The summed E-state index contributed by atoms with van der Waals surface area (Å²) in [6.45, 7) is 5.51. The number of para-hydroxylation sites is 1. The quantitative estimate of drug-likeness (QED) is 0.433. The number of nitrogens with zero attached hydrogens (tertiary/aromatic N) is 1. The number of hydrogen-bond donors (Lipinski definition) is 0. The van der Waals surface area contributed by atoms with Crippen LogP contribution in [-0.4, -0.2) is 25.2 Å². The van der Waals surface area contributed by atoms with Gasteiger partial charge in [0, 0.05) is 18.7 Å². The maximum atomic E-state index is 12.8. The highest BCUT2D eigenvalue weighted by Gasteiger charge is 2.27. The summed E-state index contributed by atoms with van der Waals surface area (Å²) in [4.78, 5) is 14.9. The fourth-order valence-corrected chi connectivity index (χ4v) is 3.45. The van der Waals surface area contributed by atoms with Crippen LogP contribution < -0.4 is 9.64 Å². The van der Waals surface area contributed by atoms with Gasteiger partial charge in [-0.15, -0.1) is 0 Å². The molecule has 0 amide bonds. The Balaban J connectivity index is 1.71. The van der Waals surface area contributed by atoms with Gasteiger partial charge < -0.3 is 14.4 Å². The molecule has 4 heteroatoms. The first-order valence-corrected chi connectivity index (χ1v) is 10.4. The Bertz CT molecular complexity index is 895. The van der Waals surface area contributed by atoms with Crippen LogP contribution in [-0.2, 0) is 22.6 Å². The van der Waals surface area contributed by atoms with Crippen molar-refractivity contribution in [2.45, 2.75) is 32.9 Å². The second-order valence-corrected chi connectivity index (χ2v) is 7.01. The van der Waals surface area contributed by atoms with Crippen molar-refractivity contribution in [3.8, 4) is 5.75 Å². The molecule has 4 nitrogen and oxygen atoms in total. The van der Waals surface area contributed by atoms with Crippen molar-refractivity contribution in [2.24, 2.45) is 0 Å². The number of anilines is 1. The second kappa shape index (κ2) is 11.1. The third-order valence-electron chi connectivity index (χ3n) is 4.96. The number of carbonyl (C=O) groups excluding carboxylic acids is 1. The zero-order valence-electron chi connectivity index (χ0n) is 17.7. The summed E-state index contributed by atoms with van der Waals surface area (Å²) in [7, 11) is 0. The number of likely N-dealkylation sites (N-methyl/N-ethyl adjacent to an activating group) is 1. The second-order valence-electron chi connectivity index (χ2n) is 7.01. The molecule has 0 aliphatic rings. The number of rotatable bonds is 10. The van der Waals surface area contributed by atoms with E-state index < -0.39 is 0 Å². The molecule has 0 aliphatic carbocycles. The van der Waals surface area contributed by atoms with Crippen molar-refractivity contribution < 1.29 is 14.3 Å². The Morgan fingerprint density at radius 1 is 0.833 bits per heavy atom. The molecule has 0 saturated carbocycles. The van der Waals surface area contributed by atoms with E-state index in [1.165, 1.54) is 0 Å². The zero-order chi connectivity index (χ0) is 21.2. The van der Waals surface area contributed by atoms with Crippen LogP contribution in [0.2, 0.25) is 0 Å². The van der Waals surface area contributed by atoms with Gasteiger partial charge in [0.15, 0.2) is 0 Å². The lowest BCUT2D eigenvalue weighted by molar-refractivity contribution is -0.144. The molecule has 3 aromatic carbocycles. The molecule has 0 N–H and O–H groups in total. The van der Waals surface area contributed by atoms with Crippen LogP contribution in [0.15, 0.2) is 84.9 Å². The average molecular weight is 404 g/mol. The highest BCUT2D eigenvalue weighted by molar-refractivity contribution is 5.80. The molecular formula is C26H29NO3. The van der Waals surface area contributed by atoms with Crippen molar-refractivity contribution in [3.63, 3.8) is 0 Å². The van der Waals surface area contributed by atoms with Crippen LogP contribution in [0, 0.1) is 0 Å². The van der Waals surface area contributed by atoms with Crippen molar-refractivity contribution in [1.82, 2.24) is 0 Å². The molecule has 0 aromatic heterocycles. The van der Waals surface area contributed by atoms with Gasteiger partial charge in [0.2, 0.25) is 0 Å². The number of esters is 1. The summed E-state index contributed by atoms with van der Waals surface area (Å²) >= 11 is 0. The summed E-state index contributed by atoms with van der Waals surface area (Å²) in [6.07, 6.45) is 0.570. The third kappa shape index (κ3) is 5.86. The van der Waals surface area contributed by atoms with E-state index >= 15 is 0 Å². The Morgan fingerprint density at radius 3 is 2.07 bits per heavy atom. The van der Waals surface area contributed by atoms with Crippen LogP contribution in [0.25, 0.3) is 0 Å². The molecule has 0 saturated heterocycles.